The van der Waals surface area contributed by atoms with Gasteiger partial charge in [-0.25, -0.2) is 14.8 Å². The quantitative estimate of drug-likeness (QED) is 0.807. The molecular formula is C10H12N4O2S. The highest BCUT2D eigenvalue weighted by molar-refractivity contribution is 7.17. The number of carbonyl (C=O) groups excluding carboxylic acids is 1. The van der Waals surface area contributed by atoms with Gasteiger partial charge >= 0.3 is 5.97 Å². The zero-order valence-electron chi connectivity index (χ0n) is 9.48. The van der Waals surface area contributed by atoms with E-state index >= 15 is 0 Å². The summed E-state index contributed by atoms with van der Waals surface area (Å²) < 4.78 is 4.67. The summed E-state index contributed by atoms with van der Waals surface area (Å²) in [7, 11) is 1.36. The van der Waals surface area contributed by atoms with Gasteiger partial charge in [-0.3, -0.25) is 0 Å². The van der Waals surface area contributed by atoms with E-state index in [0.717, 1.165) is 5.69 Å². The number of carbonyl (C=O) groups is 1. The molecule has 0 aliphatic heterocycles. The maximum Gasteiger partial charge on any atom is 0.350 e. The number of thiazole rings is 1. The molecule has 0 bridgehead atoms. The third kappa shape index (κ3) is 2.62. The van der Waals surface area contributed by atoms with E-state index in [0.29, 0.717) is 22.2 Å². The average Bonchev–Trinajstić information content (AvgIpc) is 2.94. The number of H-pyrrole nitrogens is 1. The van der Waals surface area contributed by atoms with Crippen molar-refractivity contribution in [3.63, 3.8) is 0 Å². The number of hydrogen-bond acceptors (Lipinski definition) is 6. The van der Waals surface area contributed by atoms with Gasteiger partial charge in [-0.15, -0.1) is 0 Å². The first kappa shape index (κ1) is 11.6. The Balaban J connectivity index is 2.05. The third-order valence-electron chi connectivity index (χ3n) is 2.15. The van der Waals surface area contributed by atoms with Crippen molar-refractivity contribution in [2.45, 2.75) is 13.5 Å². The van der Waals surface area contributed by atoms with Gasteiger partial charge in [0.05, 0.1) is 31.4 Å². The van der Waals surface area contributed by atoms with E-state index < -0.39 is 0 Å². The normalized spacial score (nSPS) is 10.2. The van der Waals surface area contributed by atoms with E-state index in [1.165, 1.54) is 18.4 Å². The van der Waals surface area contributed by atoms with Crippen LogP contribution in [-0.4, -0.2) is 28.0 Å². The lowest BCUT2D eigenvalue weighted by molar-refractivity contribution is 0.0605. The van der Waals surface area contributed by atoms with Crippen LogP contribution in [0.2, 0.25) is 0 Å². The lowest BCUT2D eigenvalue weighted by atomic mass is 10.4. The van der Waals surface area contributed by atoms with Crippen LogP contribution >= 0.6 is 11.3 Å². The van der Waals surface area contributed by atoms with Crippen LogP contribution in [-0.2, 0) is 11.3 Å². The summed E-state index contributed by atoms with van der Waals surface area (Å²) in [5, 5.41) is 3.81. The number of aryl methyl sites for hydroxylation is 1. The first-order valence-corrected chi connectivity index (χ1v) is 5.79. The second-order valence-electron chi connectivity index (χ2n) is 3.36. The molecule has 0 amide bonds. The van der Waals surface area contributed by atoms with Crippen molar-refractivity contribution in [3.8, 4) is 0 Å². The second kappa shape index (κ2) is 4.96. The molecule has 0 aliphatic rings. The molecule has 6 nitrogen and oxygen atoms in total. The molecule has 2 heterocycles. The Morgan fingerprint density at radius 1 is 1.65 bits per heavy atom. The van der Waals surface area contributed by atoms with E-state index in [9.17, 15) is 4.79 Å². The van der Waals surface area contributed by atoms with E-state index in [4.69, 9.17) is 0 Å². The average molecular weight is 252 g/mol. The molecule has 0 radical (unpaired) electrons. The Bertz CT molecular complexity index is 506. The lowest BCUT2D eigenvalue weighted by Gasteiger charge is -1.98. The van der Waals surface area contributed by atoms with Crippen molar-refractivity contribution in [1.82, 2.24) is 15.0 Å². The lowest BCUT2D eigenvalue weighted by Crippen LogP contribution is -1.99. The molecule has 2 rings (SSSR count). The summed E-state index contributed by atoms with van der Waals surface area (Å²) in [6, 6.07) is 0. The maximum atomic E-state index is 11.4. The fourth-order valence-corrected chi connectivity index (χ4v) is 2.19. The molecule has 0 aromatic carbocycles. The van der Waals surface area contributed by atoms with Crippen LogP contribution in [0.5, 0.6) is 0 Å². The molecule has 0 saturated heterocycles. The minimum Gasteiger partial charge on any atom is -0.465 e. The molecule has 7 heteroatoms. The summed E-state index contributed by atoms with van der Waals surface area (Å²) in [4.78, 5) is 23.0. The molecule has 0 saturated carbocycles. The van der Waals surface area contributed by atoms with Crippen LogP contribution in [0, 0.1) is 6.92 Å². The monoisotopic (exact) mass is 252 g/mol. The number of imidazole rings is 1. The molecule has 0 aliphatic carbocycles. The first-order chi connectivity index (χ1) is 8.20. The summed E-state index contributed by atoms with van der Waals surface area (Å²) in [5.74, 6) is -0.352. The molecule has 0 fully saturated rings. The molecule has 90 valence electrons. The van der Waals surface area contributed by atoms with Crippen LogP contribution in [0.25, 0.3) is 0 Å². The van der Waals surface area contributed by atoms with Crippen molar-refractivity contribution in [2.24, 2.45) is 0 Å². The molecule has 0 spiro atoms. The summed E-state index contributed by atoms with van der Waals surface area (Å²) in [6.45, 7) is 2.37. The molecule has 0 unspecified atom stereocenters. The smallest absolute Gasteiger partial charge is 0.350 e. The number of nitrogens with zero attached hydrogens (tertiary/aromatic N) is 2. The van der Waals surface area contributed by atoms with Crippen molar-refractivity contribution >= 4 is 22.4 Å². The third-order valence-corrected chi connectivity index (χ3v) is 3.25. The number of rotatable bonds is 4. The Hall–Kier alpha value is -1.89. The van der Waals surface area contributed by atoms with E-state index in [1.807, 2.05) is 0 Å². The Kier molecular flexibility index (Phi) is 3.38. The van der Waals surface area contributed by atoms with Gasteiger partial charge in [-0.05, 0) is 6.92 Å². The second-order valence-corrected chi connectivity index (χ2v) is 4.35. The number of ether oxygens (including phenoxy) is 1. The standard InChI is InChI=1S/C10H12N4O2S/c1-6-8(9(15)16-2)17-10(14-6)12-4-7-3-11-5-13-7/h3,5H,4H2,1-2H3,(H,11,13)(H,12,14). The predicted molar refractivity (Wildman–Crippen MR) is 64.1 cm³/mol. The van der Waals surface area contributed by atoms with E-state index in [1.54, 1.807) is 19.4 Å². The number of esters is 1. The van der Waals surface area contributed by atoms with Crippen LogP contribution in [0.4, 0.5) is 5.13 Å². The molecule has 17 heavy (non-hydrogen) atoms. The van der Waals surface area contributed by atoms with Gasteiger partial charge in [0, 0.05) is 6.20 Å². The van der Waals surface area contributed by atoms with Gasteiger partial charge < -0.3 is 15.0 Å². The van der Waals surface area contributed by atoms with Crippen LogP contribution < -0.4 is 5.32 Å². The molecule has 0 atom stereocenters. The fourth-order valence-electron chi connectivity index (χ4n) is 1.31. The fraction of sp³-hybridized carbons (Fsp3) is 0.300. The van der Waals surface area contributed by atoms with Crippen LogP contribution in [0.1, 0.15) is 21.1 Å². The maximum absolute atomic E-state index is 11.4. The zero-order valence-corrected chi connectivity index (χ0v) is 10.3. The van der Waals surface area contributed by atoms with Crippen molar-refractivity contribution in [3.05, 3.63) is 28.8 Å². The first-order valence-electron chi connectivity index (χ1n) is 4.97. The molecule has 2 aromatic heterocycles. The Morgan fingerprint density at radius 2 is 2.47 bits per heavy atom. The summed E-state index contributed by atoms with van der Waals surface area (Å²) in [5.41, 5.74) is 1.63. The van der Waals surface area contributed by atoms with E-state index in [-0.39, 0.29) is 5.97 Å². The van der Waals surface area contributed by atoms with Gasteiger partial charge in [0.25, 0.3) is 0 Å². The number of anilines is 1. The van der Waals surface area contributed by atoms with E-state index in [2.05, 4.69) is 25.0 Å². The largest absolute Gasteiger partial charge is 0.465 e. The minimum atomic E-state index is -0.352. The molecule has 2 N–H and O–H groups in total. The van der Waals surface area contributed by atoms with Crippen molar-refractivity contribution < 1.29 is 9.53 Å². The SMILES string of the molecule is COC(=O)c1sc(NCc2cnc[nH]2)nc1C. The van der Waals surface area contributed by atoms with Gasteiger partial charge in [-0.1, -0.05) is 11.3 Å². The molecule has 2 aromatic rings. The van der Waals surface area contributed by atoms with Crippen molar-refractivity contribution in [1.29, 1.82) is 0 Å². The van der Waals surface area contributed by atoms with Gasteiger partial charge in [0.1, 0.15) is 4.88 Å². The number of aromatic amines is 1. The predicted octanol–water partition coefficient (Wildman–Crippen LogP) is 1.57. The van der Waals surface area contributed by atoms with Crippen LogP contribution in [0.15, 0.2) is 12.5 Å². The summed E-state index contributed by atoms with van der Waals surface area (Å²) >= 11 is 1.28. The number of methoxy groups -OCH3 is 1. The number of hydrogen-bond donors (Lipinski definition) is 2. The number of aromatic nitrogens is 3. The van der Waals surface area contributed by atoms with Gasteiger partial charge in [0.2, 0.25) is 0 Å². The van der Waals surface area contributed by atoms with Crippen LogP contribution in [0.3, 0.4) is 0 Å². The highest BCUT2D eigenvalue weighted by Crippen LogP contribution is 2.23. The Morgan fingerprint density at radius 3 is 3.12 bits per heavy atom. The summed E-state index contributed by atoms with van der Waals surface area (Å²) in [6.07, 6.45) is 3.35. The van der Waals surface area contributed by atoms with Gasteiger partial charge in [-0.2, -0.15) is 0 Å². The topological polar surface area (TPSA) is 79.9 Å². The zero-order chi connectivity index (χ0) is 12.3. The highest BCUT2D eigenvalue weighted by atomic mass is 32.1. The Labute approximate surface area is 102 Å². The number of nitrogens with one attached hydrogen (secondary N) is 2. The highest BCUT2D eigenvalue weighted by Gasteiger charge is 2.15. The van der Waals surface area contributed by atoms with Crippen molar-refractivity contribution in [2.75, 3.05) is 12.4 Å². The van der Waals surface area contributed by atoms with Gasteiger partial charge in [0.15, 0.2) is 5.13 Å². The minimum absolute atomic E-state index is 0.352. The molecular weight excluding hydrogens is 240 g/mol.